The van der Waals surface area contributed by atoms with Crippen molar-refractivity contribution in [2.24, 2.45) is 5.10 Å². The fourth-order valence-electron chi connectivity index (χ4n) is 2.94. The molecule has 2 aromatic heterocycles. The lowest BCUT2D eigenvalue weighted by molar-refractivity contribution is 0.0955. The molecule has 4 rings (SSSR count). The molecule has 6 heteroatoms. The number of carbonyl (C=O) groups is 1. The Morgan fingerprint density at radius 1 is 1.03 bits per heavy atom. The third kappa shape index (κ3) is 4.27. The van der Waals surface area contributed by atoms with Crippen LogP contribution in [0, 0.1) is 6.92 Å². The molecule has 0 aliphatic heterocycles. The van der Waals surface area contributed by atoms with Gasteiger partial charge in [0.15, 0.2) is 0 Å². The van der Waals surface area contributed by atoms with Gasteiger partial charge in [-0.15, -0.1) is 0 Å². The first kappa shape index (κ1) is 18.3. The first-order valence-corrected chi connectivity index (χ1v) is 9.16. The number of benzene rings is 2. The molecule has 0 saturated carbocycles. The molecular formula is C23H19N5O. The van der Waals surface area contributed by atoms with E-state index < -0.39 is 0 Å². The van der Waals surface area contributed by atoms with Crippen LogP contribution in [0.4, 0.5) is 0 Å². The Balaban J connectivity index is 1.66. The zero-order chi connectivity index (χ0) is 20.1. The molecule has 2 heterocycles. The zero-order valence-corrected chi connectivity index (χ0v) is 15.9. The van der Waals surface area contributed by atoms with Gasteiger partial charge < -0.3 is 0 Å². The summed E-state index contributed by atoms with van der Waals surface area (Å²) in [6, 6.07) is 21.3. The molecular weight excluding hydrogens is 362 g/mol. The number of nitrogens with one attached hydrogen (secondary N) is 1. The molecule has 0 bridgehead atoms. The quantitative estimate of drug-likeness (QED) is 0.419. The van der Waals surface area contributed by atoms with Crippen molar-refractivity contribution >= 4 is 12.1 Å². The third-order valence-corrected chi connectivity index (χ3v) is 4.37. The summed E-state index contributed by atoms with van der Waals surface area (Å²) >= 11 is 0. The van der Waals surface area contributed by atoms with Crippen molar-refractivity contribution in [1.82, 2.24) is 20.2 Å². The Bertz CT molecular complexity index is 1150. The van der Waals surface area contributed by atoms with Crippen LogP contribution in [-0.4, -0.2) is 26.9 Å². The molecule has 2 aromatic carbocycles. The van der Waals surface area contributed by atoms with Crippen LogP contribution >= 0.6 is 0 Å². The second kappa shape index (κ2) is 8.31. The van der Waals surface area contributed by atoms with E-state index in [1.807, 2.05) is 66.3 Å². The van der Waals surface area contributed by atoms with Crippen molar-refractivity contribution in [2.75, 3.05) is 0 Å². The Kier molecular flexibility index (Phi) is 5.25. The maximum absolute atomic E-state index is 12.2. The van der Waals surface area contributed by atoms with E-state index in [2.05, 4.69) is 21.6 Å². The number of hydrogen-bond acceptors (Lipinski definition) is 4. The number of aromatic nitrogens is 3. The molecule has 0 saturated heterocycles. The fraction of sp³-hybridized carbons (Fsp3) is 0.0435. The lowest BCUT2D eigenvalue weighted by atomic mass is 10.1. The maximum Gasteiger partial charge on any atom is 0.271 e. The summed E-state index contributed by atoms with van der Waals surface area (Å²) in [7, 11) is 0. The summed E-state index contributed by atoms with van der Waals surface area (Å²) in [5.41, 5.74) is 7.72. The van der Waals surface area contributed by atoms with Gasteiger partial charge in [0, 0.05) is 35.3 Å². The highest BCUT2D eigenvalue weighted by molar-refractivity contribution is 5.95. The third-order valence-electron chi connectivity index (χ3n) is 4.37. The number of aryl methyl sites for hydroxylation is 1. The van der Waals surface area contributed by atoms with Gasteiger partial charge in [0.25, 0.3) is 5.91 Å². The van der Waals surface area contributed by atoms with Crippen molar-refractivity contribution in [3.63, 3.8) is 0 Å². The summed E-state index contributed by atoms with van der Waals surface area (Å²) in [5, 5.41) is 8.89. The van der Waals surface area contributed by atoms with Crippen LogP contribution in [0.5, 0.6) is 0 Å². The van der Waals surface area contributed by atoms with Gasteiger partial charge in [-0.05, 0) is 37.3 Å². The molecule has 1 N–H and O–H groups in total. The molecule has 6 nitrogen and oxygen atoms in total. The average molecular weight is 381 g/mol. The number of hydrogen-bond donors (Lipinski definition) is 1. The van der Waals surface area contributed by atoms with E-state index in [-0.39, 0.29) is 5.91 Å². The van der Waals surface area contributed by atoms with Gasteiger partial charge in [0.2, 0.25) is 0 Å². The number of nitrogens with zero attached hydrogens (tertiary/aromatic N) is 4. The van der Waals surface area contributed by atoms with Crippen LogP contribution < -0.4 is 5.43 Å². The van der Waals surface area contributed by atoms with Crippen LogP contribution in [0.2, 0.25) is 0 Å². The lowest BCUT2D eigenvalue weighted by Crippen LogP contribution is -2.17. The SMILES string of the molecule is Cc1cccc(-c2nn(-c3ccccc3)cc2C=NNC(=O)c2ccncc2)c1. The van der Waals surface area contributed by atoms with E-state index >= 15 is 0 Å². The van der Waals surface area contributed by atoms with E-state index in [1.165, 1.54) is 0 Å². The van der Waals surface area contributed by atoms with Gasteiger partial charge in [-0.2, -0.15) is 10.2 Å². The van der Waals surface area contributed by atoms with Crippen LogP contribution in [0.1, 0.15) is 21.5 Å². The van der Waals surface area contributed by atoms with Gasteiger partial charge in [-0.3, -0.25) is 9.78 Å². The lowest BCUT2D eigenvalue weighted by Gasteiger charge is -2.01. The molecule has 0 atom stereocenters. The van der Waals surface area contributed by atoms with E-state index in [1.54, 1.807) is 30.7 Å². The van der Waals surface area contributed by atoms with Crippen molar-refractivity contribution in [1.29, 1.82) is 0 Å². The monoisotopic (exact) mass is 381 g/mol. The minimum atomic E-state index is -0.295. The predicted molar refractivity (Wildman–Crippen MR) is 113 cm³/mol. The highest BCUT2D eigenvalue weighted by atomic mass is 16.2. The number of amides is 1. The van der Waals surface area contributed by atoms with Gasteiger partial charge in [-0.1, -0.05) is 42.0 Å². The largest absolute Gasteiger partial charge is 0.271 e. The molecule has 1 amide bonds. The Labute approximate surface area is 168 Å². The highest BCUT2D eigenvalue weighted by Gasteiger charge is 2.11. The number of pyridine rings is 1. The summed E-state index contributed by atoms with van der Waals surface area (Å²) < 4.78 is 1.81. The van der Waals surface area contributed by atoms with Crippen molar-refractivity contribution < 1.29 is 4.79 Å². The van der Waals surface area contributed by atoms with Crippen LogP contribution in [-0.2, 0) is 0 Å². The van der Waals surface area contributed by atoms with Crippen LogP contribution in [0.3, 0.4) is 0 Å². The minimum Gasteiger partial charge on any atom is -0.267 e. The summed E-state index contributed by atoms with van der Waals surface area (Å²) in [4.78, 5) is 16.1. The molecule has 29 heavy (non-hydrogen) atoms. The second-order valence-corrected chi connectivity index (χ2v) is 6.52. The summed E-state index contributed by atoms with van der Waals surface area (Å²) in [6.07, 6.45) is 6.65. The predicted octanol–water partition coefficient (Wildman–Crippen LogP) is 4.01. The minimum absolute atomic E-state index is 0.295. The smallest absolute Gasteiger partial charge is 0.267 e. The zero-order valence-electron chi connectivity index (χ0n) is 15.9. The second-order valence-electron chi connectivity index (χ2n) is 6.52. The topological polar surface area (TPSA) is 72.2 Å². The highest BCUT2D eigenvalue weighted by Crippen LogP contribution is 2.23. The summed E-state index contributed by atoms with van der Waals surface area (Å²) in [5.74, 6) is -0.295. The van der Waals surface area contributed by atoms with Gasteiger partial charge in [0.1, 0.15) is 5.69 Å². The first-order valence-electron chi connectivity index (χ1n) is 9.16. The molecule has 142 valence electrons. The Morgan fingerprint density at radius 2 is 1.83 bits per heavy atom. The van der Waals surface area contributed by atoms with Crippen molar-refractivity contribution in [3.8, 4) is 16.9 Å². The van der Waals surface area contributed by atoms with E-state index in [0.29, 0.717) is 5.56 Å². The molecule has 4 aromatic rings. The van der Waals surface area contributed by atoms with Gasteiger partial charge in [-0.25, -0.2) is 10.1 Å². The standard InChI is InChI=1S/C23H19N5O/c1-17-6-5-7-19(14-17)22-20(16-28(27-22)21-8-3-2-4-9-21)15-25-26-23(29)18-10-12-24-13-11-18/h2-16H,1H3,(H,26,29). The van der Waals surface area contributed by atoms with Crippen molar-refractivity contribution in [3.05, 3.63) is 102 Å². The number of para-hydroxylation sites is 1. The first-order chi connectivity index (χ1) is 14.2. The van der Waals surface area contributed by atoms with E-state index in [0.717, 1.165) is 28.1 Å². The number of rotatable bonds is 5. The van der Waals surface area contributed by atoms with Gasteiger partial charge >= 0.3 is 0 Å². The molecule has 0 aliphatic rings. The maximum atomic E-state index is 12.2. The van der Waals surface area contributed by atoms with Crippen LogP contribution in [0.15, 0.2) is 90.4 Å². The molecule has 0 unspecified atom stereocenters. The molecule has 0 aliphatic carbocycles. The normalized spacial score (nSPS) is 10.9. The molecule has 0 spiro atoms. The number of hydrazone groups is 1. The average Bonchev–Trinajstić information content (AvgIpc) is 3.19. The van der Waals surface area contributed by atoms with Gasteiger partial charge in [0.05, 0.1) is 11.9 Å². The summed E-state index contributed by atoms with van der Waals surface area (Å²) in [6.45, 7) is 2.04. The fourth-order valence-corrected chi connectivity index (χ4v) is 2.94. The molecule has 0 radical (unpaired) electrons. The van der Waals surface area contributed by atoms with E-state index in [9.17, 15) is 4.79 Å². The Morgan fingerprint density at radius 3 is 2.59 bits per heavy atom. The van der Waals surface area contributed by atoms with E-state index in [4.69, 9.17) is 5.10 Å². The van der Waals surface area contributed by atoms with Crippen LogP contribution in [0.25, 0.3) is 16.9 Å². The van der Waals surface area contributed by atoms with Crippen molar-refractivity contribution in [2.45, 2.75) is 6.92 Å². The molecule has 0 fully saturated rings. The number of carbonyl (C=O) groups excluding carboxylic acids is 1. The Hall–Kier alpha value is -4.06.